The lowest BCUT2D eigenvalue weighted by atomic mass is 10.1. The van der Waals surface area contributed by atoms with Crippen molar-refractivity contribution in [3.05, 3.63) is 63.6 Å². The van der Waals surface area contributed by atoms with Crippen LogP contribution in [0.4, 0.5) is 5.69 Å². The Morgan fingerprint density at radius 1 is 1.11 bits per heavy atom. The van der Waals surface area contributed by atoms with Gasteiger partial charge >= 0.3 is 0 Å². The largest absolute Gasteiger partial charge is 0.381 e. The molecule has 2 aromatic rings. The summed E-state index contributed by atoms with van der Waals surface area (Å²) in [7, 11) is 0. The molecule has 0 aliphatic carbocycles. The molecule has 0 saturated heterocycles. The fourth-order valence-electron chi connectivity index (χ4n) is 1.64. The SMILES string of the molecule is NC(=O)c1cccc(CNc2ccc(Cl)c(Cl)c2)c1. The van der Waals surface area contributed by atoms with Gasteiger partial charge in [-0.05, 0) is 35.9 Å². The molecule has 2 rings (SSSR count). The fourth-order valence-corrected chi connectivity index (χ4v) is 1.94. The van der Waals surface area contributed by atoms with Gasteiger partial charge in [0.2, 0.25) is 5.91 Å². The first-order valence-corrected chi connectivity index (χ1v) is 6.39. The van der Waals surface area contributed by atoms with Crippen LogP contribution in [0.1, 0.15) is 15.9 Å². The number of anilines is 1. The van der Waals surface area contributed by atoms with E-state index < -0.39 is 5.91 Å². The van der Waals surface area contributed by atoms with Crippen LogP contribution >= 0.6 is 23.2 Å². The van der Waals surface area contributed by atoms with Crippen LogP contribution in [0.15, 0.2) is 42.5 Å². The van der Waals surface area contributed by atoms with Gasteiger partial charge in [-0.1, -0.05) is 35.3 Å². The number of primary amides is 1. The summed E-state index contributed by atoms with van der Waals surface area (Å²) in [5.74, 6) is -0.434. The lowest BCUT2D eigenvalue weighted by Gasteiger charge is -2.08. The van der Waals surface area contributed by atoms with E-state index >= 15 is 0 Å². The van der Waals surface area contributed by atoms with Crippen molar-refractivity contribution in [1.29, 1.82) is 0 Å². The molecule has 98 valence electrons. The molecule has 5 heteroatoms. The summed E-state index contributed by atoms with van der Waals surface area (Å²) < 4.78 is 0. The zero-order chi connectivity index (χ0) is 13.8. The average Bonchev–Trinajstić information content (AvgIpc) is 2.40. The molecule has 19 heavy (non-hydrogen) atoms. The molecule has 0 atom stereocenters. The minimum Gasteiger partial charge on any atom is -0.381 e. The minimum atomic E-state index is -0.434. The number of nitrogens with one attached hydrogen (secondary N) is 1. The van der Waals surface area contributed by atoms with Crippen LogP contribution in [0.2, 0.25) is 10.0 Å². The Balaban J connectivity index is 2.07. The standard InChI is InChI=1S/C14H12Cl2N2O/c15-12-5-4-11(7-13(12)16)18-8-9-2-1-3-10(6-9)14(17)19/h1-7,18H,8H2,(H2,17,19). The number of benzene rings is 2. The van der Waals surface area contributed by atoms with Crippen molar-refractivity contribution in [3.8, 4) is 0 Å². The van der Waals surface area contributed by atoms with Gasteiger partial charge in [-0.2, -0.15) is 0 Å². The van der Waals surface area contributed by atoms with Gasteiger partial charge in [-0.15, -0.1) is 0 Å². The second-order valence-electron chi connectivity index (χ2n) is 4.05. The molecule has 0 radical (unpaired) electrons. The molecule has 0 aromatic heterocycles. The van der Waals surface area contributed by atoms with E-state index in [1.165, 1.54) is 0 Å². The van der Waals surface area contributed by atoms with Crippen LogP contribution in [-0.4, -0.2) is 5.91 Å². The van der Waals surface area contributed by atoms with Gasteiger partial charge in [-0.3, -0.25) is 4.79 Å². The molecule has 0 fully saturated rings. The van der Waals surface area contributed by atoms with Crippen LogP contribution < -0.4 is 11.1 Å². The van der Waals surface area contributed by atoms with Gasteiger partial charge in [0, 0.05) is 17.8 Å². The van der Waals surface area contributed by atoms with E-state index in [2.05, 4.69) is 5.32 Å². The van der Waals surface area contributed by atoms with Crippen LogP contribution in [0, 0.1) is 0 Å². The maximum atomic E-state index is 11.1. The third kappa shape index (κ3) is 3.63. The molecule has 2 aromatic carbocycles. The number of hydrogen-bond acceptors (Lipinski definition) is 2. The maximum absolute atomic E-state index is 11.1. The summed E-state index contributed by atoms with van der Waals surface area (Å²) in [6, 6.07) is 12.5. The Kier molecular flexibility index (Phi) is 4.30. The third-order valence-electron chi connectivity index (χ3n) is 2.63. The molecule has 0 unspecified atom stereocenters. The number of carbonyl (C=O) groups excluding carboxylic acids is 1. The van der Waals surface area contributed by atoms with E-state index in [1.807, 2.05) is 12.1 Å². The van der Waals surface area contributed by atoms with Gasteiger partial charge in [-0.25, -0.2) is 0 Å². The summed E-state index contributed by atoms with van der Waals surface area (Å²) >= 11 is 11.8. The number of hydrogen-bond donors (Lipinski definition) is 2. The maximum Gasteiger partial charge on any atom is 0.248 e. The molecule has 0 bridgehead atoms. The van der Waals surface area contributed by atoms with Gasteiger partial charge in [0.25, 0.3) is 0 Å². The third-order valence-corrected chi connectivity index (χ3v) is 3.37. The molecule has 0 aliphatic rings. The van der Waals surface area contributed by atoms with Crippen molar-refractivity contribution in [3.63, 3.8) is 0 Å². The predicted octanol–water partition coefficient (Wildman–Crippen LogP) is 3.70. The number of rotatable bonds is 4. The minimum absolute atomic E-state index is 0.434. The molecule has 0 aliphatic heterocycles. The molecular formula is C14H12Cl2N2O. The average molecular weight is 295 g/mol. The second kappa shape index (κ2) is 5.95. The van der Waals surface area contributed by atoms with E-state index in [0.717, 1.165) is 11.3 Å². The Bertz CT molecular complexity index is 614. The Morgan fingerprint density at radius 3 is 2.58 bits per heavy atom. The summed E-state index contributed by atoms with van der Waals surface area (Å²) in [5, 5.41) is 4.21. The molecule has 0 heterocycles. The molecule has 0 saturated carbocycles. The molecule has 1 amide bonds. The predicted molar refractivity (Wildman–Crippen MR) is 78.7 cm³/mol. The van der Waals surface area contributed by atoms with Crippen LogP contribution in [-0.2, 0) is 6.54 Å². The summed E-state index contributed by atoms with van der Waals surface area (Å²) in [6.07, 6.45) is 0. The van der Waals surface area contributed by atoms with Gasteiger partial charge < -0.3 is 11.1 Å². The van der Waals surface area contributed by atoms with E-state index in [0.29, 0.717) is 22.2 Å². The van der Waals surface area contributed by atoms with Crippen LogP contribution in [0.3, 0.4) is 0 Å². The Labute approximate surface area is 121 Å². The van der Waals surface area contributed by atoms with Crippen molar-refractivity contribution in [2.24, 2.45) is 5.73 Å². The highest BCUT2D eigenvalue weighted by molar-refractivity contribution is 6.42. The first-order valence-electron chi connectivity index (χ1n) is 5.64. The topological polar surface area (TPSA) is 55.1 Å². The second-order valence-corrected chi connectivity index (χ2v) is 4.86. The Hall–Kier alpha value is -1.71. The highest BCUT2D eigenvalue weighted by Crippen LogP contribution is 2.25. The normalized spacial score (nSPS) is 10.2. The van der Waals surface area contributed by atoms with Gasteiger partial charge in [0.05, 0.1) is 10.0 Å². The zero-order valence-corrected chi connectivity index (χ0v) is 11.5. The van der Waals surface area contributed by atoms with E-state index in [4.69, 9.17) is 28.9 Å². The quantitative estimate of drug-likeness (QED) is 0.903. The summed E-state index contributed by atoms with van der Waals surface area (Å²) in [6.45, 7) is 0.569. The first kappa shape index (κ1) is 13.7. The van der Waals surface area contributed by atoms with E-state index in [1.54, 1.807) is 30.3 Å². The van der Waals surface area contributed by atoms with Crippen molar-refractivity contribution in [1.82, 2.24) is 0 Å². The molecule has 0 spiro atoms. The van der Waals surface area contributed by atoms with Crippen molar-refractivity contribution < 1.29 is 4.79 Å². The smallest absolute Gasteiger partial charge is 0.248 e. The van der Waals surface area contributed by atoms with Crippen molar-refractivity contribution >= 4 is 34.8 Å². The highest BCUT2D eigenvalue weighted by Gasteiger charge is 2.02. The Morgan fingerprint density at radius 2 is 1.89 bits per heavy atom. The van der Waals surface area contributed by atoms with Crippen LogP contribution in [0.5, 0.6) is 0 Å². The number of halogens is 2. The highest BCUT2D eigenvalue weighted by atomic mass is 35.5. The van der Waals surface area contributed by atoms with Gasteiger partial charge in [0.1, 0.15) is 0 Å². The lowest BCUT2D eigenvalue weighted by molar-refractivity contribution is 0.1000. The first-order chi connectivity index (χ1) is 9.06. The van der Waals surface area contributed by atoms with Gasteiger partial charge in [0.15, 0.2) is 0 Å². The monoisotopic (exact) mass is 294 g/mol. The summed E-state index contributed by atoms with van der Waals surface area (Å²) in [4.78, 5) is 11.1. The zero-order valence-electron chi connectivity index (χ0n) is 9.99. The fraction of sp³-hybridized carbons (Fsp3) is 0.0714. The van der Waals surface area contributed by atoms with E-state index in [-0.39, 0.29) is 0 Å². The molecule has 3 nitrogen and oxygen atoms in total. The van der Waals surface area contributed by atoms with Crippen LogP contribution in [0.25, 0.3) is 0 Å². The number of carbonyl (C=O) groups is 1. The number of nitrogens with two attached hydrogens (primary N) is 1. The molecule has 3 N–H and O–H groups in total. The van der Waals surface area contributed by atoms with E-state index in [9.17, 15) is 4.79 Å². The van der Waals surface area contributed by atoms with Crippen molar-refractivity contribution in [2.45, 2.75) is 6.54 Å². The van der Waals surface area contributed by atoms with Crippen molar-refractivity contribution in [2.75, 3.05) is 5.32 Å². The molecular weight excluding hydrogens is 283 g/mol. The summed E-state index contributed by atoms with van der Waals surface area (Å²) in [5.41, 5.74) is 7.55. The lowest BCUT2D eigenvalue weighted by Crippen LogP contribution is -2.11. The number of amides is 1.